The first-order valence-corrected chi connectivity index (χ1v) is 6.38. The van der Waals surface area contributed by atoms with Gasteiger partial charge in [-0.3, -0.25) is 0 Å². The van der Waals surface area contributed by atoms with Gasteiger partial charge in [0.25, 0.3) is 0 Å². The summed E-state index contributed by atoms with van der Waals surface area (Å²) in [7, 11) is 0. The highest BCUT2D eigenvalue weighted by molar-refractivity contribution is 7.14. The zero-order valence-electron chi connectivity index (χ0n) is 8.87. The summed E-state index contributed by atoms with van der Waals surface area (Å²) < 4.78 is 2.48. The average molecular weight is 276 g/mol. The smallest absolute Gasteiger partial charge is 0.141 e. The Bertz CT molecular complexity index is 518. The van der Waals surface area contributed by atoms with Crippen molar-refractivity contribution < 1.29 is 0 Å². The van der Waals surface area contributed by atoms with Crippen molar-refractivity contribution in [3.05, 3.63) is 32.1 Å². The second-order valence-electron chi connectivity index (χ2n) is 3.59. The molecular weight excluding hydrogens is 265 g/mol. The number of nitrogens with two attached hydrogens (primary N) is 1. The van der Waals surface area contributed by atoms with Gasteiger partial charge in [0.05, 0.1) is 16.1 Å². The number of thiophene rings is 1. The van der Waals surface area contributed by atoms with Crippen LogP contribution >= 0.6 is 34.5 Å². The number of rotatable bonds is 2. The fourth-order valence-electron chi connectivity index (χ4n) is 1.52. The highest BCUT2D eigenvalue weighted by atomic mass is 35.5. The van der Waals surface area contributed by atoms with Crippen molar-refractivity contribution in [2.45, 2.75) is 19.9 Å². The summed E-state index contributed by atoms with van der Waals surface area (Å²) in [6.45, 7) is 3.85. The first kappa shape index (κ1) is 11.8. The molecule has 2 aromatic heterocycles. The van der Waals surface area contributed by atoms with Gasteiger partial charge in [0.1, 0.15) is 10.8 Å². The van der Waals surface area contributed by atoms with Gasteiger partial charge in [0, 0.05) is 0 Å². The van der Waals surface area contributed by atoms with Crippen LogP contribution in [-0.2, 0) is 0 Å². The lowest BCUT2D eigenvalue weighted by atomic mass is 10.2. The van der Waals surface area contributed by atoms with Gasteiger partial charge in [0.15, 0.2) is 0 Å². The van der Waals surface area contributed by atoms with E-state index in [-0.39, 0.29) is 6.04 Å². The fourth-order valence-corrected chi connectivity index (χ4v) is 2.63. The maximum Gasteiger partial charge on any atom is 0.141 e. The zero-order chi connectivity index (χ0) is 11.9. The molecule has 0 saturated heterocycles. The number of halogens is 2. The van der Waals surface area contributed by atoms with Gasteiger partial charge in [-0.2, -0.15) is 5.10 Å². The minimum absolute atomic E-state index is 0.0370. The molecule has 0 amide bonds. The van der Waals surface area contributed by atoms with Crippen molar-refractivity contribution in [2.24, 2.45) is 0 Å². The molecule has 0 aliphatic rings. The molecule has 6 heteroatoms. The predicted molar refractivity (Wildman–Crippen MR) is 69.5 cm³/mol. The van der Waals surface area contributed by atoms with E-state index in [1.54, 1.807) is 4.68 Å². The molecule has 1 unspecified atom stereocenters. The fraction of sp³-hybridized carbons (Fsp3) is 0.300. The number of hydrogen-bond acceptors (Lipinski definition) is 3. The summed E-state index contributed by atoms with van der Waals surface area (Å²) in [6.07, 6.45) is 0. The lowest BCUT2D eigenvalue weighted by Gasteiger charge is -2.12. The van der Waals surface area contributed by atoms with E-state index in [0.717, 1.165) is 15.6 Å². The molecule has 1 atom stereocenters. The molecule has 3 nitrogen and oxygen atoms in total. The SMILES string of the molecule is Cc1nn(C(C)c2csc(Cl)c2)c(N)c1Cl. The molecule has 0 spiro atoms. The van der Waals surface area contributed by atoms with Crippen LogP contribution in [-0.4, -0.2) is 9.78 Å². The van der Waals surface area contributed by atoms with Crippen LogP contribution in [0.2, 0.25) is 9.36 Å². The van der Waals surface area contributed by atoms with E-state index >= 15 is 0 Å². The zero-order valence-corrected chi connectivity index (χ0v) is 11.2. The summed E-state index contributed by atoms with van der Waals surface area (Å²) in [6, 6.07) is 1.95. The predicted octanol–water partition coefficient (Wildman–Crippen LogP) is 3.75. The number of aromatic nitrogens is 2. The van der Waals surface area contributed by atoms with Crippen molar-refractivity contribution in [1.29, 1.82) is 0 Å². The Labute approximate surface area is 108 Å². The largest absolute Gasteiger partial charge is 0.383 e. The Kier molecular flexibility index (Phi) is 3.15. The van der Waals surface area contributed by atoms with Crippen LogP contribution in [0.1, 0.15) is 24.2 Å². The van der Waals surface area contributed by atoms with Crippen LogP contribution in [0.25, 0.3) is 0 Å². The summed E-state index contributed by atoms with van der Waals surface area (Å²) in [4.78, 5) is 0. The molecule has 2 N–H and O–H groups in total. The first-order chi connectivity index (χ1) is 7.50. The molecular formula is C10H11Cl2N3S. The highest BCUT2D eigenvalue weighted by Crippen LogP contribution is 2.31. The van der Waals surface area contributed by atoms with E-state index in [0.29, 0.717) is 10.8 Å². The molecule has 0 aromatic carbocycles. The summed E-state index contributed by atoms with van der Waals surface area (Å²) in [5.74, 6) is 0.494. The maximum absolute atomic E-state index is 6.00. The third kappa shape index (κ3) is 1.93. The molecule has 0 bridgehead atoms. The molecule has 0 aliphatic carbocycles. The van der Waals surface area contributed by atoms with Crippen molar-refractivity contribution in [1.82, 2.24) is 9.78 Å². The third-order valence-electron chi connectivity index (χ3n) is 2.48. The van der Waals surface area contributed by atoms with E-state index in [9.17, 15) is 0 Å². The molecule has 0 fully saturated rings. The van der Waals surface area contributed by atoms with Gasteiger partial charge in [-0.15, -0.1) is 11.3 Å². The second kappa shape index (κ2) is 4.28. The Morgan fingerprint density at radius 1 is 1.50 bits per heavy atom. The summed E-state index contributed by atoms with van der Waals surface area (Å²) >= 11 is 13.4. The van der Waals surface area contributed by atoms with Crippen LogP contribution in [0.3, 0.4) is 0 Å². The van der Waals surface area contributed by atoms with E-state index in [1.165, 1.54) is 11.3 Å². The number of hydrogen-bond donors (Lipinski definition) is 1. The standard InChI is InChI=1S/C10H11Cl2N3S/c1-5-9(12)10(13)15(14-5)6(2)7-3-8(11)16-4-7/h3-4,6H,13H2,1-2H3. The first-order valence-electron chi connectivity index (χ1n) is 4.74. The van der Waals surface area contributed by atoms with Crippen LogP contribution < -0.4 is 5.73 Å². The summed E-state index contributed by atoms with van der Waals surface area (Å²) in [5.41, 5.74) is 7.71. The molecule has 86 valence electrons. The lowest BCUT2D eigenvalue weighted by Crippen LogP contribution is -2.10. The Morgan fingerprint density at radius 3 is 2.62 bits per heavy atom. The highest BCUT2D eigenvalue weighted by Gasteiger charge is 2.17. The number of nitrogen functional groups attached to an aromatic ring is 1. The monoisotopic (exact) mass is 275 g/mol. The third-order valence-corrected chi connectivity index (χ3v) is 4.06. The average Bonchev–Trinajstić information content (AvgIpc) is 2.78. The topological polar surface area (TPSA) is 43.8 Å². The summed E-state index contributed by atoms with van der Waals surface area (Å²) in [5, 5.41) is 6.84. The Morgan fingerprint density at radius 2 is 2.19 bits per heavy atom. The lowest BCUT2D eigenvalue weighted by molar-refractivity contribution is 0.570. The maximum atomic E-state index is 6.00. The van der Waals surface area contributed by atoms with Gasteiger partial charge in [-0.25, -0.2) is 4.68 Å². The number of aryl methyl sites for hydroxylation is 1. The van der Waals surface area contributed by atoms with E-state index in [4.69, 9.17) is 28.9 Å². The number of nitrogens with zero attached hydrogens (tertiary/aromatic N) is 2. The second-order valence-corrected chi connectivity index (χ2v) is 5.51. The van der Waals surface area contributed by atoms with Gasteiger partial charge in [-0.05, 0) is 30.9 Å². The van der Waals surface area contributed by atoms with Crippen molar-refractivity contribution >= 4 is 40.4 Å². The quantitative estimate of drug-likeness (QED) is 0.907. The molecule has 2 heterocycles. The molecule has 0 aliphatic heterocycles. The minimum atomic E-state index is 0.0370. The Balaban J connectivity index is 2.41. The molecule has 0 radical (unpaired) electrons. The van der Waals surface area contributed by atoms with Crippen molar-refractivity contribution in [2.75, 3.05) is 5.73 Å². The molecule has 16 heavy (non-hydrogen) atoms. The number of anilines is 1. The minimum Gasteiger partial charge on any atom is -0.383 e. The molecule has 2 rings (SSSR count). The van der Waals surface area contributed by atoms with Crippen molar-refractivity contribution in [3.63, 3.8) is 0 Å². The van der Waals surface area contributed by atoms with Gasteiger partial charge in [-0.1, -0.05) is 23.2 Å². The van der Waals surface area contributed by atoms with E-state index in [1.807, 2.05) is 25.3 Å². The van der Waals surface area contributed by atoms with E-state index in [2.05, 4.69) is 5.10 Å². The van der Waals surface area contributed by atoms with Crippen LogP contribution in [0.5, 0.6) is 0 Å². The van der Waals surface area contributed by atoms with Gasteiger partial charge < -0.3 is 5.73 Å². The van der Waals surface area contributed by atoms with Crippen LogP contribution in [0.15, 0.2) is 11.4 Å². The molecule has 2 aromatic rings. The van der Waals surface area contributed by atoms with Gasteiger partial charge in [0.2, 0.25) is 0 Å². The Hall–Kier alpha value is -0.710. The van der Waals surface area contributed by atoms with Crippen LogP contribution in [0.4, 0.5) is 5.82 Å². The van der Waals surface area contributed by atoms with Crippen molar-refractivity contribution in [3.8, 4) is 0 Å². The normalized spacial score (nSPS) is 13.0. The van der Waals surface area contributed by atoms with Crippen LogP contribution in [0, 0.1) is 6.92 Å². The molecule has 0 saturated carbocycles. The van der Waals surface area contributed by atoms with Gasteiger partial charge >= 0.3 is 0 Å². The van der Waals surface area contributed by atoms with E-state index < -0.39 is 0 Å².